The van der Waals surface area contributed by atoms with Crippen LogP contribution in [-0.2, 0) is 11.3 Å². The van der Waals surface area contributed by atoms with E-state index in [2.05, 4.69) is 5.10 Å². The molecule has 0 radical (unpaired) electrons. The van der Waals surface area contributed by atoms with Crippen LogP contribution in [0.15, 0.2) is 12.3 Å². The first-order chi connectivity index (χ1) is 5.86. The van der Waals surface area contributed by atoms with Gasteiger partial charge in [0.2, 0.25) is 0 Å². The van der Waals surface area contributed by atoms with Gasteiger partial charge in [0.25, 0.3) is 0 Å². The molecule has 1 saturated heterocycles. The summed E-state index contributed by atoms with van der Waals surface area (Å²) in [5, 5.41) is 4.12. The summed E-state index contributed by atoms with van der Waals surface area (Å²) in [4.78, 5) is 0. The Kier molecular flexibility index (Phi) is 1.99. The van der Waals surface area contributed by atoms with Gasteiger partial charge >= 0.3 is 0 Å². The van der Waals surface area contributed by atoms with Gasteiger partial charge in [0.1, 0.15) is 5.82 Å². The fourth-order valence-electron chi connectivity index (χ4n) is 1.47. The first kappa shape index (κ1) is 7.61. The number of nitrogens with zero attached hydrogens (tertiary/aromatic N) is 2. The topological polar surface area (TPSA) is 53.1 Å². The van der Waals surface area contributed by atoms with Crippen LogP contribution >= 0.6 is 0 Å². The smallest absolute Gasteiger partial charge is 0.121 e. The monoisotopic (exact) mass is 167 g/mol. The Morgan fingerprint density at radius 3 is 3.25 bits per heavy atom. The maximum absolute atomic E-state index is 5.68. The molecule has 66 valence electrons. The van der Waals surface area contributed by atoms with E-state index >= 15 is 0 Å². The second-order valence-corrected chi connectivity index (χ2v) is 3.17. The van der Waals surface area contributed by atoms with Crippen molar-refractivity contribution in [3.05, 3.63) is 12.3 Å². The van der Waals surface area contributed by atoms with Gasteiger partial charge in [-0.1, -0.05) is 0 Å². The zero-order chi connectivity index (χ0) is 8.39. The van der Waals surface area contributed by atoms with Gasteiger partial charge in [0.05, 0.1) is 12.8 Å². The van der Waals surface area contributed by atoms with Crippen molar-refractivity contribution < 1.29 is 4.74 Å². The molecule has 0 aliphatic carbocycles. The highest BCUT2D eigenvalue weighted by Crippen LogP contribution is 2.15. The van der Waals surface area contributed by atoms with E-state index in [9.17, 15) is 0 Å². The normalized spacial score (nSPS) is 23.2. The summed E-state index contributed by atoms with van der Waals surface area (Å²) < 4.78 is 7.10. The van der Waals surface area contributed by atoms with Crippen molar-refractivity contribution in [2.45, 2.75) is 13.0 Å². The van der Waals surface area contributed by atoms with E-state index < -0.39 is 0 Å². The van der Waals surface area contributed by atoms with Crippen molar-refractivity contribution in [3.8, 4) is 0 Å². The van der Waals surface area contributed by atoms with Crippen molar-refractivity contribution in [1.29, 1.82) is 0 Å². The van der Waals surface area contributed by atoms with Crippen molar-refractivity contribution in [2.75, 3.05) is 18.9 Å². The van der Waals surface area contributed by atoms with Gasteiger partial charge in [-0.15, -0.1) is 0 Å². The minimum atomic E-state index is 0.590. The van der Waals surface area contributed by atoms with Gasteiger partial charge in [0.15, 0.2) is 0 Å². The van der Waals surface area contributed by atoms with E-state index in [4.69, 9.17) is 10.5 Å². The minimum absolute atomic E-state index is 0.590. The van der Waals surface area contributed by atoms with Crippen LogP contribution < -0.4 is 5.73 Å². The molecule has 1 atom stereocenters. The van der Waals surface area contributed by atoms with E-state index in [1.807, 2.05) is 10.7 Å². The Labute approximate surface area is 71.3 Å². The summed E-state index contributed by atoms with van der Waals surface area (Å²) in [6, 6.07) is 1.82. The van der Waals surface area contributed by atoms with Crippen molar-refractivity contribution in [1.82, 2.24) is 9.78 Å². The van der Waals surface area contributed by atoms with Crippen LogP contribution in [0.5, 0.6) is 0 Å². The molecular weight excluding hydrogens is 154 g/mol. The second-order valence-electron chi connectivity index (χ2n) is 3.17. The van der Waals surface area contributed by atoms with E-state index in [0.29, 0.717) is 5.92 Å². The first-order valence-corrected chi connectivity index (χ1v) is 4.21. The number of aromatic nitrogens is 2. The zero-order valence-corrected chi connectivity index (χ0v) is 6.94. The Morgan fingerprint density at radius 2 is 2.67 bits per heavy atom. The molecule has 4 heteroatoms. The van der Waals surface area contributed by atoms with E-state index in [1.165, 1.54) is 0 Å². The van der Waals surface area contributed by atoms with Gasteiger partial charge in [-0.25, -0.2) is 4.68 Å². The molecule has 1 aliphatic rings. The van der Waals surface area contributed by atoms with Crippen LogP contribution in [0.25, 0.3) is 0 Å². The molecule has 1 aromatic rings. The lowest BCUT2D eigenvalue weighted by atomic mass is 10.1. The summed E-state index contributed by atoms with van der Waals surface area (Å²) in [7, 11) is 0. The van der Waals surface area contributed by atoms with E-state index in [0.717, 1.165) is 32.0 Å². The average molecular weight is 167 g/mol. The molecule has 2 heterocycles. The number of anilines is 1. The SMILES string of the molecule is Nc1ccnn1CC1CCOC1. The number of nitrogens with two attached hydrogens (primary N) is 1. The molecule has 4 nitrogen and oxygen atoms in total. The van der Waals surface area contributed by atoms with Crippen LogP contribution in [0.1, 0.15) is 6.42 Å². The molecule has 1 aliphatic heterocycles. The molecule has 2 N–H and O–H groups in total. The highest BCUT2D eigenvalue weighted by atomic mass is 16.5. The van der Waals surface area contributed by atoms with Gasteiger partial charge in [-0.05, 0) is 12.5 Å². The van der Waals surface area contributed by atoms with Crippen LogP contribution in [0, 0.1) is 5.92 Å². The molecule has 0 saturated carbocycles. The second kappa shape index (κ2) is 3.15. The summed E-state index contributed by atoms with van der Waals surface area (Å²) >= 11 is 0. The number of rotatable bonds is 2. The fourth-order valence-corrected chi connectivity index (χ4v) is 1.47. The van der Waals surface area contributed by atoms with Crippen LogP contribution in [0.2, 0.25) is 0 Å². The average Bonchev–Trinajstić information content (AvgIpc) is 2.65. The third-order valence-corrected chi connectivity index (χ3v) is 2.20. The van der Waals surface area contributed by atoms with E-state index in [-0.39, 0.29) is 0 Å². The lowest BCUT2D eigenvalue weighted by Crippen LogP contribution is -2.13. The molecule has 1 fully saturated rings. The Bertz CT molecular complexity index is 253. The standard InChI is InChI=1S/C8H13N3O/c9-8-1-3-10-11(8)5-7-2-4-12-6-7/h1,3,7H,2,4-6,9H2. The van der Waals surface area contributed by atoms with Crippen LogP contribution in [0.4, 0.5) is 5.82 Å². The predicted octanol–water partition coefficient (Wildman–Crippen LogP) is 0.502. The largest absolute Gasteiger partial charge is 0.384 e. The number of hydrogen-bond acceptors (Lipinski definition) is 3. The lowest BCUT2D eigenvalue weighted by Gasteiger charge is -2.08. The lowest BCUT2D eigenvalue weighted by molar-refractivity contribution is 0.181. The fraction of sp³-hybridized carbons (Fsp3) is 0.625. The summed E-state index contributed by atoms with van der Waals surface area (Å²) in [6.07, 6.45) is 2.85. The number of hydrogen-bond donors (Lipinski definition) is 1. The Morgan fingerprint density at radius 1 is 1.75 bits per heavy atom. The molecule has 0 aromatic carbocycles. The highest BCUT2D eigenvalue weighted by Gasteiger charge is 2.16. The van der Waals surface area contributed by atoms with Gasteiger partial charge in [-0.3, -0.25) is 0 Å². The maximum atomic E-state index is 5.68. The third kappa shape index (κ3) is 1.43. The van der Waals surface area contributed by atoms with Gasteiger partial charge in [0, 0.05) is 19.1 Å². The van der Waals surface area contributed by atoms with Crippen molar-refractivity contribution >= 4 is 5.82 Å². The number of nitrogen functional groups attached to an aromatic ring is 1. The molecule has 1 unspecified atom stereocenters. The Balaban J connectivity index is 1.98. The maximum Gasteiger partial charge on any atom is 0.121 e. The quantitative estimate of drug-likeness (QED) is 0.698. The minimum Gasteiger partial charge on any atom is -0.384 e. The zero-order valence-electron chi connectivity index (χ0n) is 6.94. The molecule has 0 amide bonds. The molecule has 1 aromatic heterocycles. The van der Waals surface area contributed by atoms with Gasteiger partial charge in [-0.2, -0.15) is 5.10 Å². The van der Waals surface area contributed by atoms with Gasteiger partial charge < -0.3 is 10.5 Å². The van der Waals surface area contributed by atoms with Crippen molar-refractivity contribution in [2.24, 2.45) is 5.92 Å². The van der Waals surface area contributed by atoms with Crippen LogP contribution in [0.3, 0.4) is 0 Å². The van der Waals surface area contributed by atoms with Crippen LogP contribution in [-0.4, -0.2) is 23.0 Å². The molecule has 2 rings (SSSR count). The predicted molar refractivity (Wildman–Crippen MR) is 45.6 cm³/mol. The summed E-state index contributed by atoms with van der Waals surface area (Å²) in [5.74, 6) is 1.33. The molecular formula is C8H13N3O. The third-order valence-electron chi connectivity index (χ3n) is 2.20. The van der Waals surface area contributed by atoms with E-state index in [1.54, 1.807) is 6.20 Å². The molecule has 0 bridgehead atoms. The molecule has 0 spiro atoms. The number of ether oxygens (including phenoxy) is 1. The summed E-state index contributed by atoms with van der Waals surface area (Å²) in [6.45, 7) is 2.62. The van der Waals surface area contributed by atoms with Crippen molar-refractivity contribution in [3.63, 3.8) is 0 Å². The highest BCUT2D eigenvalue weighted by molar-refractivity contribution is 5.25. The Hall–Kier alpha value is -1.03. The first-order valence-electron chi connectivity index (χ1n) is 4.21. The molecule has 12 heavy (non-hydrogen) atoms. The summed E-state index contributed by atoms with van der Waals surface area (Å²) in [5.41, 5.74) is 5.68.